The highest BCUT2D eigenvalue weighted by atomic mass is 35.5. The van der Waals surface area contributed by atoms with E-state index < -0.39 is 0 Å². The van der Waals surface area contributed by atoms with Crippen molar-refractivity contribution in [3.05, 3.63) is 83.1 Å². The molecule has 156 valence electrons. The topological polar surface area (TPSA) is 72.7 Å². The number of rotatable bonds is 6. The molecule has 0 radical (unpaired) electrons. The van der Waals surface area contributed by atoms with Crippen LogP contribution in [0.25, 0.3) is 17.1 Å². The van der Waals surface area contributed by atoms with Crippen LogP contribution in [0.2, 0.25) is 5.02 Å². The van der Waals surface area contributed by atoms with Gasteiger partial charge in [0.15, 0.2) is 11.0 Å². The van der Waals surface area contributed by atoms with Crippen LogP contribution in [0.5, 0.6) is 0 Å². The van der Waals surface area contributed by atoms with Crippen molar-refractivity contribution in [2.24, 2.45) is 0 Å². The Kier molecular flexibility index (Phi) is 6.34. The lowest BCUT2D eigenvalue weighted by atomic mass is 10.1. The van der Waals surface area contributed by atoms with E-state index in [2.05, 4.69) is 20.5 Å². The molecule has 0 bridgehead atoms. The number of benzene rings is 2. The number of aromatic nitrogens is 4. The van der Waals surface area contributed by atoms with Gasteiger partial charge in [-0.15, -0.1) is 10.2 Å². The van der Waals surface area contributed by atoms with E-state index in [1.165, 1.54) is 11.8 Å². The first-order valence-corrected chi connectivity index (χ1v) is 11.0. The van der Waals surface area contributed by atoms with E-state index in [9.17, 15) is 4.79 Å². The van der Waals surface area contributed by atoms with Gasteiger partial charge in [0.25, 0.3) is 0 Å². The predicted molar refractivity (Wildman–Crippen MR) is 125 cm³/mol. The number of nitrogens with one attached hydrogen (secondary N) is 1. The van der Waals surface area contributed by atoms with E-state index >= 15 is 0 Å². The Morgan fingerprint density at radius 1 is 1.03 bits per heavy atom. The summed E-state index contributed by atoms with van der Waals surface area (Å²) in [5, 5.41) is 13.0. The molecule has 0 spiro atoms. The highest BCUT2D eigenvalue weighted by Gasteiger charge is 2.17. The van der Waals surface area contributed by atoms with Gasteiger partial charge in [-0.2, -0.15) is 0 Å². The fraction of sp³-hybridized carbons (Fsp3) is 0.130. The lowest BCUT2D eigenvalue weighted by molar-refractivity contribution is -0.113. The molecular formula is C23H20ClN5OS. The van der Waals surface area contributed by atoms with Crippen LogP contribution in [-0.4, -0.2) is 31.4 Å². The molecule has 8 heteroatoms. The summed E-state index contributed by atoms with van der Waals surface area (Å²) in [5.74, 6) is 0.770. The summed E-state index contributed by atoms with van der Waals surface area (Å²) in [5.41, 5.74) is 4.75. The molecule has 2 aromatic carbocycles. The van der Waals surface area contributed by atoms with Gasteiger partial charge in [-0.3, -0.25) is 14.3 Å². The molecule has 0 unspecified atom stereocenters. The molecule has 0 fully saturated rings. The minimum atomic E-state index is -0.102. The van der Waals surface area contributed by atoms with E-state index in [1.54, 1.807) is 12.4 Å². The maximum absolute atomic E-state index is 12.6. The van der Waals surface area contributed by atoms with Gasteiger partial charge in [-0.1, -0.05) is 35.5 Å². The van der Waals surface area contributed by atoms with Gasteiger partial charge < -0.3 is 5.32 Å². The second kappa shape index (κ2) is 9.32. The number of amides is 1. The molecular weight excluding hydrogens is 430 g/mol. The number of aryl methyl sites for hydroxylation is 1. The number of anilines is 1. The minimum absolute atomic E-state index is 0.102. The highest BCUT2D eigenvalue weighted by molar-refractivity contribution is 7.99. The van der Waals surface area contributed by atoms with Gasteiger partial charge in [0.1, 0.15) is 0 Å². The molecule has 1 amide bonds. The minimum Gasteiger partial charge on any atom is -0.325 e. The first kappa shape index (κ1) is 21.1. The Hall–Kier alpha value is -3.16. The summed E-state index contributed by atoms with van der Waals surface area (Å²) in [6, 6.07) is 17.0. The zero-order valence-corrected chi connectivity index (χ0v) is 18.6. The molecule has 4 aromatic rings. The number of hydrogen-bond acceptors (Lipinski definition) is 5. The average Bonchev–Trinajstić information content (AvgIpc) is 3.21. The molecule has 0 aliphatic carbocycles. The van der Waals surface area contributed by atoms with Gasteiger partial charge in [-0.05, 0) is 67.4 Å². The van der Waals surface area contributed by atoms with Crippen LogP contribution in [0, 0.1) is 13.8 Å². The van der Waals surface area contributed by atoms with Crippen molar-refractivity contribution in [1.29, 1.82) is 0 Å². The van der Waals surface area contributed by atoms with Crippen molar-refractivity contribution in [3.63, 3.8) is 0 Å². The first-order valence-electron chi connectivity index (χ1n) is 9.63. The maximum Gasteiger partial charge on any atom is 0.234 e. The van der Waals surface area contributed by atoms with Crippen LogP contribution >= 0.6 is 23.4 Å². The van der Waals surface area contributed by atoms with E-state index in [-0.39, 0.29) is 11.7 Å². The molecule has 0 aliphatic heterocycles. The van der Waals surface area contributed by atoms with Crippen molar-refractivity contribution in [1.82, 2.24) is 19.7 Å². The van der Waals surface area contributed by atoms with Gasteiger partial charge >= 0.3 is 0 Å². The van der Waals surface area contributed by atoms with Gasteiger partial charge in [0, 0.05) is 34.4 Å². The summed E-state index contributed by atoms with van der Waals surface area (Å²) in [7, 11) is 0. The van der Waals surface area contributed by atoms with Crippen molar-refractivity contribution in [2.75, 3.05) is 11.1 Å². The number of thioether (sulfide) groups is 1. The summed E-state index contributed by atoms with van der Waals surface area (Å²) in [6.45, 7) is 4.02. The highest BCUT2D eigenvalue weighted by Crippen LogP contribution is 2.28. The molecule has 0 atom stereocenters. The zero-order valence-electron chi connectivity index (χ0n) is 17.0. The van der Waals surface area contributed by atoms with E-state index in [0.717, 1.165) is 28.1 Å². The molecule has 0 saturated heterocycles. The van der Waals surface area contributed by atoms with Crippen molar-refractivity contribution in [3.8, 4) is 17.1 Å². The van der Waals surface area contributed by atoms with E-state index in [1.807, 2.05) is 73.0 Å². The molecule has 1 N–H and O–H groups in total. The van der Waals surface area contributed by atoms with Crippen molar-refractivity contribution < 1.29 is 4.79 Å². The number of nitrogens with zero attached hydrogens (tertiary/aromatic N) is 4. The molecule has 31 heavy (non-hydrogen) atoms. The van der Waals surface area contributed by atoms with Crippen LogP contribution in [0.15, 0.2) is 72.1 Å². The van der Waals surface area contributed by atoms with Crippen LogP contribution in [-0.2, 0) is 4.79 Å². The molecule has 4 rings (SSSR count). The Labute approximate surface area is 189 Å². The molecule has 0 saturated carbocycles. The Morgan fingerprint density at radius 3 is 2.52 bits per heavy atom. The van der Waals surface area contributed by atoms with Crippen molar-refractivity contribution in [2.45, 2.75) is 19.0 Å². The summed E-state index contributed by atoms with van der Waals surface area (Å²) < 4.78 is 1.92. The monoisotopic (exact) mass is 449 g/mol. The van der Waals surface area contributed by atoms with Crippen LogP contribution in [0.4, 0.5) is 5.69 Å². The van der Waals surface area contributed by atoms with Crippen LogP contribution in [0.1, 0.15) is 11.1 Å². The van der Waals surface area contributed by atoms with Gasteiger partial charge in [0.05, 0.1) is 5.75 Å². The third kappa shape index (κ3) is 4.78. The normalized spacial score (nSPS) is 10.8. The standard InChI is InChI=1S/C23H20ClN5OS/c1-15-4-3-5-20(16(15)2)26-21(30)14-31-23-28-27-22(17-10-12-25-13-11-17)29(23)19-8-6-18(24)7-9-19/h3-13H,14H2,1-2H3,(H,26,30). The third-order valence-electron chi connectivity index (χ3n) is 4.87. The zero-order chi connectivity index (χ0) is 21.8. The Balaban J connectivity index is 1.59. The quantitative estimate of drug-likeness (QED) is 0.403. The fourth-order valence-corrected chi connectivity index (χ4v) is 3.96. The molecule has 2 heterocycles. The van der Waals surface area contributed by atoms with E-state index in [4.69, 9.17) is 11.6 Å². The second-order valence-corrected chi connectivity index (χ2v) is 8.32. The van der Waals surface area contributed by atoms with Gasteiger partial charge in [0.2, 0.25) is 5.91 Å². The van der Waals surface area contributed by atoms with Crippen LogP contribution in [0.3, 0.4) is 0 Å². The van der Waals surface area contributed by atoms with Crippen LogP contribution < -0.4 is 5.32 Å². The second-order valence-electron chi connectivity index (χ2n) is 6.94. The molecule has 6 nitrogen and oxygen atoms in total. The van der Waals surface area contributed by atoms with Gasteiger partial charge in [-0.25, -0.2) is 0 Å². The first-order chi connectivity index (χ1) is 15.0. The predicted octanol–water partition coefficient (Wildman–Crippen LogP) is 5.33. The maximum atomic E-state index is 12.6. The smallest absolute Gasteiger partial charge is 0.234 e. The Bertz CT molecular complexity index is 1210. The third-order valence-corrected chi connectivity index (χ3v) is 6.05. The van der Waals surface area contributed by atoms with E-state index in [0.29, 0.717) is 16.0 Å². The lowest BCUT2D eigenvalue weighted by Crippen LogP contribution is -2.15. The number of halogens is 1. The summed E-state index contributed by atoms with van der Waals surface area (Å²) >= 11 is 7.39. The molecule has 0 aliphatic rings. The largest absolute Gasteiger partial charge is 0.325 e. The van der Waals surface area contributed by atoms with Crippen molar-refractivity contribution >= 4 is 35.0 Å². The number of carbonyl (C=O) groups excluding carboxylic acids is 1. The number of carbonyl (C=O) groups is 1. The molecule has 2 aromatic heterocycles. The average molecular weight is 450 g/mol. The SMILES string of the molecule is Cc1cccc(NC(=O)CSc2nnc(-c3ccncc3)n2-c2ccc(Cl)cc2)c1C. The summed E-state index contributed by atoms with van der Waals surface area (Å²) in [6.07, 6.45) is 3.42. The number of hydrogen-bond donors (Lipinski definition) is 1. The summed E-state index contributed by atoms with van der Waals surface area (Å²) in [4.78, 5) is 16.7. The number of pyridine rings is 1. The lowest BCUT2D eigenvalue weighted by Gasteiger charge is -2.12. The Morgan fingerprint density at radius 2 is 1.77 bits per heavy atom. The fourth-order valence-electron chi connectivity index (χ4n) is 3.08.